The van der Waals surface area contributed by atoms with Gasteiger partial charge in [-0.3, -0.25) is 9.78 Å². The van der Waals surface area contributed by atoms with Gasteiger partial charge in [0.2, 0.25) is 0 Å². The lowest BCUT2D eigenvalue weighted by molar-refractivity contribution is 0.0945. The SMILES string of the molecule is COc1ccc(Nc2ccnc(C(=O)NCc3ccccc3OC)c2)c(OC)c1. The molecule has 7 heteroatoms. The Morgan fingerprint density at radius 1 is 0.931 bits per heavy atom. The molecule has 0 aliphatic carbocycles. The Morgan fingerprint density at radius 2 is 1.72 bits per heavy atom. The van der Waals surface area contributed by atoms with Crippen molar-refractivity contribution >= 4 is 17.3 Å². The van der Waals surface area contributed by atoms with Gasteiger partial charge in [-0.25, -0.2) is 0 Å². The Bertz CT molecular complexity index is 991. The first-order valence-electron chi connectivity index (χ1n) is 8.99. The molecule has 0 radical (unpaired) electrons. The summed E-state index contributed by atoms with van der Waals surface area (Å²) in [5.74, 6) is 1.77. The quantitative estimate of drug-likeness (QED) is 0.606. The van der Waals surface area contributed by atoms with Gasteiger partial charge in [-0.15, -0.1) is 0 Å². The predicted octanol–water partition coefficient (Wildman–Crippen LogP) is 3.78. The highest BCUT2D eigenvalue weighted by molar-refractivity contribution is 5.93. The molecule has 0 aliphatic rings. The van der Waals surface area contributed by atoms with E-state index in [9.17, 15) is 4.79 Å². The van der Waals surface area contributed by atoms with Crippen molar-refractivity contribution in [3.63, 3.8) is 0 Å². The van der Waals surface area contributed by atoms with Crippen LogP contribution in [0.25, 0.3) is 0 Å². The van der Waals surface area contributed by atoms with Crippen molar-refractivity contribution in [2.75, 3.05) is 26.6 Å². The summed E-state index contributed by atoms with van der Waals surface area (Å²) in [5, 5.41) is 6.11. The number of ether oxygens (including phenoxy) is 3. The molecule has 0 saturated carbocycles. The van der Waals surface area contributed by atoms with Crippen molar-refractivity contribution in [3.8, 4) is 17.2 Å². The second kappa shape index (κ2) is 9.45. The molecular formula is C22H23N3O4. The average molecular weight is 393 g/mol. The molecule has 3 aromatic rings. The van der Waals surface area contributed by atoms with Crippen LogP contribution in [0.3, 0.4) is 0 Å². The summed E-state index contributed by atoms with van der Waals surface area (Å²) in [6, 6.07) is 16.5. The molecule has 2 N–H and O–H groups in total. The molecular weight excluding hydrogens is 370 g/mol. The van der Waals surface area contributed by atoms with Gasteiger partial charge in [0.1, 0.15) is 22.9 Å². The summed E-state index contributed by atoms with van der Waals surface area (Å²) < 4.78 is 15.9. The van der Waals surface area contributed by atoms with Crippen LogP contribution >= 0.6 is 0 Å². The van der Waals surface area contributed by atoms with Crippen LogP contribution in [-0.2, 0) is 6.54 Å². The molecule has 1 amide bonds. The van der Waals surface area contributed by atoms with Gasteiger partial charge in [0.25, 0.3) is 5.91 Å². The van der Waals surface area contributed by atoms with E-state index in [4.69, 9.17) is 14.2 Å². The Kier molecular flexibility index (Phi) is 6.52. The number of aromatic nitrogens is 1. The summed E-state index contributed by atoms with van der Waals surface area (Å²) in [6.07, 6.45) is 1.58. The van der Waals surface area contributed by atoms with Crippen molar-refractivity contribution in [1.82, 2.24) is 10.3 Å². The summed E-state index contributed by atoms with van der Waals surface area (Å²) >= 11 is 0. The molecule has 0 bridgehead atoms. The predicted molar refractivity (Wildman–Crippen MR) is 111 cm³/mol. The Labute approximate surface area is 169 Å². The maximum Gasteiger partial charge on any atom is 0.270 e. The topological polar surface area (TPSA) is 81.7 Å². The first-order chi connectivity index (χ1) is 14.1. The average Bonchev–Trinajstić information content (AvgIpc) is 2.78. The number of pyridine rings is 1. The summed E-state index contributed by atoms with van der Waals surface area (Å²) in [4.78, 5) is 16.7. The monoisotopic (exact) mass is 393 g/mol. The van der Waals surface area contributed by atoms with Gasteiger partial charge in [-0.1, -0.05) is 18.2 Å². The standard InChI is InChI=1S/C22H23N3O4/c1-27-17-8-9-18(21(13-17)29-3)25-16-10-11-23-19(12-16)22(26)24-14-15-6-4-5-7-20(15)28-2/h4-13H,14H2,1-3H3,(H,23,25)(H,24,26). The molecule has 0 atom stereocenters. The van der Waals surface area contributed by atoms with Gasteiger partial charge in [-0.2, -0.15) is 0 Å². The minimum Gasteiger partial charge on any atom is -0.497 e. The first-order valence-corrected chi connectivity index (χ1v) is 8.99. The van der Waals surface area contributed by atoms with Crippen LogP contribution in [0, 0.1) is 0 Å². The van der Waals surface area contributed by atoms with E-state index in [1.54, 1.807) is 45.7 Å². The maximum absolute atomic E-state index is 12.5. The Hall–Kier alpha value is -3.74. The van der Waals surface area contributed by atoms with Gasteiger partial charge < -0.3 is 24.8 Å². The number of methoxy groups -OCH3 is 3. The molecule has 29 heavy (non-hydrogen) atoms. The van der Waals surface area contributed by atoms with E-state index >= 15 is 0 Å². The molecule has 3 rings (SSSR count). The number of anilines is 2. The van der Waals surface area contributed by atoms with Crippen LogP contribution in [0.5, 0.6) is 17.2 Å². The van der Waals surface area contributed by atoms with E-state index in [1.807, 2.05) is 36.4 Å². The lowest BCUT2D eigenvalue weighted by atomic mass is 10.2. The van der Waals surface area contributed by atoms with Crippen molar-refractivity contribution in [2.45, 2.75) is 6.54 Å². The van der Waals surface area contributed by atoms with Crippen LogP contribution in [0.1, 0.15) is 16.1 Å². The zero-order valence-corrected chi connectivity index (χ0v) is 16.6. The third kappa shape index (κ3) is 4.95. The number of nitrogens with one attached hydrogen (secondary N) is 2. The van der Waals surface area contributed by atoms with Crippen LogP contribution in [0.15, 0.2) is 60.8 Å². The molecule has 1 heterocycles. The van der Waals surface area contributed by atoms with E-state index in [1.165, 1.54) is 0 Å². The summed E-state index contributed by atoms with van der Waals surface area (Å²) in [7, 11) is 4.79. The highest BCUT2D eigenvalue weighted by Crippen LogP contribution is 2.31. The zero-order valence-electron chi connectivity index (χ0n) is 16.6. The van der Waals surface area contributed by atoms with Crippen molar-refractivity contribution < 1.29 is 19.0 Å². The van der Waals surface area contributed by atoms with E-state index in [0.29, 0.717) is 29.4 Å². The van der Waals surface area contributed by atoms with Gasteiger partial charge in [-0.05, 0) is 30.3 Å². The molecule has 0 saturated heterocycles. The lowest BCUT2D eigenvalue weighted by Gasteiger charge is -2.13. The number of para-hydroxylation sites is 1. The zero-order chi connectivity index (χ0) is 20.6. The number of benzene rings is 2. The number of carbonyl (C=O) groups excluding carboxylic acids is 1. The Morgan fingerprint density at radius 3 is 2.48 bits per heavy atom. The smallest absolute Gasteiger partial charge is 0.270 e. The fraction of sp³-hybridized carbons (Fsp3) is 0.182. The van der Waals surface area contributed by atoms with Crippen molar-refractivity contribution in [1.29, 1.82) is 0 Å². The fourth-order valence-electron chi connectivity index (χ4n) is 2.80. The van der Waals surface area contributed by atoms with Crippen LogP contribution in [0.2, 0.25) is 0 Å². The van der Waals surface area contributed by atoms with Crippen molar-refractivity contribution in [2.24, 2.45) is 0 Å². The third-order valence-electron chi connectivity index (χ3n) is 4.31. The van der Waals surface area contributed by atoms with Crippen LogP contribution in [-0.4, -0.2) is 32.2 Å². The minimum absolute atomic E-state index is 0.277. The number of hydrogen-bond donors (Lipinski definition) is 2. The number of hydrogen-bond acceptors (Lipinski definition) is 6. The lowest BCUT2D eigenvalue weighted by Crippen LogP contribution is -2.24. The van der Waals surface area contributed by atoms with Crippen LogP contribution in [0.4, 0.5) is 11.4 Å². The highest BCUT2D eigenvalue weighted by Gasteiger charge is 2.11. The van der Waals surface area contributed by atoms with E-state index < -0.39 is 0 Å². The molecule has 0 aliphatic heterocycles. The molecule has 1 aromatic heterocycles. The molecule has 0 spiro atoms. The minimum atomic E-state index is -0.277. The molecule has 7 nitrogen and oxygen atoms in total. The fourth-order valence-corrected chi connectivity index (χ4v) is 2.80. The number of carbonyl (C=O) groups is 1. The Balaban J connectivity index is 1.71. The highest BCUT2D eigenvalue weighted by atomic mass is 16.5. The second-order valence-corrected chi connectivity index (χ2v) is 6.12. The first kappa shape index (κ1) is 20.0. The molecule has 0 unspecified atom stereocenters. The number of nitrogens with zero attached hydrogens (tertiary/aromatic N) is 1. The molecule has 0 fully saturated rings. The maximum atomic E-state index is 12.5. The molecule has 150 valence electrons. The number of rotatable bonds is 8. The van der Waals surface area contributed by atoms with Gasteiger partial charge in [0.05, 0.1) is 27.0 Å². The van der Waals surface area contributed by atoms with Crippen LogP contribution < -0.4 is 24.8 Å². The van der Waals surface area contributed by atoms with Gasteiger partial charge in [0.15, 0.2) is 0 Å². The van der Waals surface area contributed by atoms with Crippen molar-refractivity contribution in [3.05, 3.63) is 72.1 Å². The number of amides is 1. The van der Waals surface area contributed by atoms with E-state index in [2.05, 4.69) is 15.6 Å². The van der Waals surface area contributed by atoms with Gasteiger partial charge >= 0.3 is 0 Å². The third-order valence-corrected chi connectivity index (χ3v) is 4.31. The summed E-state index contributed by atoms with van der Waals surface area (Å²) in [5.41, 5.74) is 2.66. The van der Waals surface area contributed by atoms with Gasteiger partial charge in [0, 0.05) is 30.1 Å². The van der Waals surface area contributed by atoms with E-state index in [-0.39, 0.29) is 5.91 Å². The largest absolute Gasteiger partial charge is 0.497 e. The normalized spacial score (nSPS) is 10.2. The summed E-state index contributed by atoms with van der Waals surface area (Å²) in [6.45, 7) is 0.342. The van der Waals surface area contributed by atoms with E-state index in [0.717, 1.165) is 17.0 Å². The molecule has 2 aromatic carbocycles. The second-order valence-electron chi connectivity index (χ2n) is 6.12.